The van der Waals surface area contributed by atoms with Crippen molar-refractivity contribution in [2.75, 3.05) is 13.6 Å². The highest BCUT2D eigenvalue weighted by Crippen LogP contribution is 2.22. The number of rotatable bonds is 3. The summed E-state index contributed by atoms with van der Waals surface area (Å²) in [6, 6.07) is 1.68. The summed E-state index contributed by atoms with van der Waals surface area (Å²) in [5, 5.41) is 7.34. The van der Waals surface area contributed by atoms with Gasteiger partial charge in [-0.05, 0) is 25.3 Å². The van der Waals surface area contributed by atoms with Crippen LogP contribution in [0.1, 0.15) is 58.3 Å². The Morgan fingerprint density at radius 1 is 1.39 bits per heavy atom. The van der Waals surface area contributed by atoms with E-state index in [-0.39, 0.29) is 23.3 Å². The molecular formula is C17H28N4O2. The molecule has 1 aromatic rings. The monoisotopic (exact) mass is 320 g/mol. The lowest BCUT2D eigenvalue weighted by atomic mass is 9.92. The number of nitrogens with zero attached hydrogens (tertiary/aromatic N) is 3. The lowest BCUT2D eigenvalue weighted by molar-refractivity contribution is -0.146. The van der Waals surface area contributed by atoms with Gasteiger partial charge in [0.05, 0.1) is 17.9 Å². The highest BCUT2D eigenvalue weighted by molar-refractivity contribution is 5.87. The average Bonchev–Trinajstić information content (AvgIpc) is 2.95. The minimum atomic E-state index is -0.323. The summed E-state index contributed by atoms with van der Waals surface area (Å²) in [5.74, 6) is -0.0141. The molecule has 23 heavy (non-hydrogen) atoms. The number of nitrogens with one attached hydrogen (secondary N) is 1. The number of aromatic amines is 1. The van der Waals surface area contributed by atoms with Gasteiger partial charge >= 0.3 is 0 Å². The number of H-pyrrole nitrogens is 1. The Morgan fingerprint density at radius 2 is 2.09 bits per heavy atom. The fraction of sp³-hybridized carbons (Fsp3) is 0.706. The van der Waals surface area contributed by atoms with Gasteiger partial charge in [-0.25, -0.2) is 0 Å². The SMILES string of the molecule is CC(=O)N1CCCCC1C(=O)N(C)Cc1cc(C(C)(C)C)n[nH]1. The third-order valence-corrected chi connectivity index (χ3v) is 4.38. The van der Waals surface area contributed by atoms with Crippen LogP contribution in [-0.4, -0.2) is 51.4 Å². The first-order valence-corrected chi connectivity index (χ1v) is 8.27. The van der Waals surface area contributed by atoms with E-state index < -0.39 is 0 Å². The van der Waals surface area contributed by atoms with Crippen LogP contribution in [0.5, 0.6) is 0 Å². The Balaban J connectivity index is 2.04. The highest BCUT2D eigenvalue weighted by atomic mass is 16.2. The zero-order valence-electron chi connectivity index (χ0n) is 14.8. The third-order valence-electron chi connectivity index (χ3n) is 4.38. The predicted molar refractivity (Wildman–Crippen MR) is 88.8 cm³/mol. The highest BCUT2D eigenvalue weighted by Gasteiger charge is 2.32. The van der Waals surface area contributed by atoms with Gasteiger partial charge in [0.25, 0.3) is 0 Å². The first-order valence-electron chi connectivity index (χ1n) is 8.27. The number of likely N-dealkylation sites (tertiary alicyclic amines) is 1. The maximum Gasteiger partial charge on any atom is 0.245 e. The van der Waals surface area contributed by atoms with E-state index in [4.69, 9.17) is 0 Å². The molecule has 1 unspecified atom stereocenters. The summed E-state index contributed by atoms with van der Waals surface area (Å²) in [6.07, 6.45) is 2.72. The van der Waals surface area contributed by atoms with Crippen molar-refractivity contribution in [3.05, 3.63) is 17.5 Å². The molecule has 1 aliphatic heterocycles. The van der Waals surface area contributed by atoms with Crippen LogP contribution in [-0.2, 0) is 21.5 Å². The summed E-state index contributed by atoms with van der Waals surface area (Å²) in [7, 11) is 1.78. The number of hydrogen-bond acceptors (Lipinski definition) is 3. The molecule has 1 saturated heterocycles. The first-order chi connectivity index (χ1) is 10.7. The van der Waals surface area contributed by atoms with Gasteiger partial charge < -0.3 is 9.80 Å². The Bertz CT molecular complexity index is 573. The van der Waals surface area contributed by atoms with E-state index >= 15 is 0 Å². The molecular weight excluding hydrogens is 292 g/mol. The molecule has 1 atom stereocenters. The van der Waals surface area contributed by atoms with E-state index in [0.717, 1.165) is 30.7 Å². The van der Waals surface area contributed by atoms with Crippen molar-refractivity contribution in [3.63, 3.8) is 0 Å². The number of carbonyl (C=O) groups excluding carboxylic acids is 2. The quantitative estimate of drug-likeness (QED) is 0.927. The number of likely N-dealkylation sites (N-methyl/N-ethyl adjacent to an activating group) is 1. The van der Waals surface area contributed by atoms with Crippen molar-refractivity contribution < 1.29 is 9.59 Å². The van der Waals surface area contributed by atoms with Crippen LogP contribution in [0.2, 0.25) is 0 Å². The smallest absolute Gasteiger partial charge is 0.245 e. The van der Waals surface area contributed by atoms with Crippen LogP contribution in [0.4, 0.5) is 0 Å². The number of aromatic nitrogens is 2. The minimum absolute atomic E-state index is 0.00630. The molecule has 2 rings (SSSR count). The number of piperidine rings is 1. The number of hydrogen-bond donors (Lipinski definition) is 1. The van der Waals surface area contributed by atoms with E-state index in [1.165, 1.54) is 6.92 Å². The standard InChI is InChI=1S/C17H28N4O2/c1-12(22)21-9-7-6-8-14(21)16(23)20(5)11-13-10-15(19-18-13)17(2,3)4/h10,14H,6-9,11H2,1-5H3,(H,18,19). The van der Waals surface area contributed by atoms with Crippen LogP contribution in [0.3, 0.4) is 0 Å². The second kappa shape index (κ2) is 6.72. The predicted octanol–water partition coefficient (Wildman–Crippen LogP) is 2.07. The third kappa shape index (κ3) is 4.12. The largest absolute Gasteiger partial charge is 0.338 e. The maximum absolute atomic E-state index is 12.7. The van der Waals surface area contributed by atoms with E-state index in [0.29, 0.717) is 13.1 Å². The molecule has 0 saturated carbocycles. The van der Waals surface area contributed by atoms with Crippen molar-refractivity contribution in [2.24, 2.45) is 0 Å². The Labute approximate surface area is 138 Å². The van der Waals surface area contributed by atoms with E-state index in [1.54, 1.807) is 16.8 Å². The van der Waals surface area contributed by atoms with Gasteiger partial charge in [0.2, 0.25) is 11.8 Å². The second-order valence-electron chi connectivity index (χ2n) is 7.45. The van der Waals surface area contributed by atoms with Crippen LogP contribution in [0, 0.1) is 0 Å². The van der Waals surface area contributed by atoms with E-state index in [9.17, 15) is 9.59 Å². The van der Waals surface area contributed by atoms with Crippen LogP contribution in [0.25, 0.3) is 0 Å². The van der Waals surface area contributed by atoms with Gasteiger partial charge in [-0.1, -0.05) is 20.8 Å². The van der Waals surface area contributed by atoms with Crippen LogP contribution in [0.15, 0.2) is 6.07 Å². The van der Waals surface area contributed by atoms with Crippen LogP contribution < -0.4 is 0 Å². The van der Waals surface area contributed by atoms with Crippen LogP contribution >= 0.6 is 0 Å². The molecule has 0 aliphatic carbocycles. The fourth-order valence-electron chi connectivity index (χ4n) is 2.98. The summed E-state index contributed by atoms with van der Waals surface area (Å²) in [6.45, 7) is 9.01. The summed E-state index contributed by atoms with van der Waals surface area (Å²) >= 11 is 0. The Kier molecular flexibility index (Phi) is 5.12. The number of amides is 2. The zero-order chi connectivity index (χ0) is 17.2. The molecule has 6 heteroatoms. The van der Waals surface area contributed by atoms with Gasteiger partial charge in [-0.2, -0.15) is 5.10 Å². The molecule has 0 radical (unpaired) electrons. The molecule has 1 aliphatic rings. The molecule has 2 heterocycles. The molecule has 0 bridgehead atoms. The molecule has 0 aromatic carbocycles. The Morgan fingerprint density at radius 3 is 2.65 bits per heavy atom. The van der Waals surface area contributed by atoms with E-state index in [2.05, 4.69) is 31.0 Å². The van der Waals surface area contributed by atoms with Crippen molar-refractivity contribution in [2.45, 2.75) is 65.0 Å². The van der Waals surface area contributed by atoms with Gasteiger partial charge in [0, 0.05) is 25.9 Å². The van der Waals surface area contributed by atoms with Gasteiger partial charge in [-0.3, -0.25) is 14.7 Å². The number of carbonyl (C=O) groups is 2. The molecule has 6 nitrogen and oxygen atoms in total. The summed E-state index contributed by atoms with van der Waals surface area (Å²) in [5.41, 5.74) is 1.87. The summed E-state index contributed by atoms with van der Waals surface area (Å²) in [4.78, 5) is 27.9. The molecule has 1 aromatic heterocycles. The second-order valence-corrected chi connectivity index (χ2v) is 7.45. The maximum atomic E-state index is 12.7. The zero-order valence-corrected chi connectivity index (χ0v) is 14.8. The Hall–Kier alpha value is -1.85. The van der Waals surface area contributed by atoms with Gasteiger partial charge in [0.15, 0.2) is 0 Å². The summed E-state index contributed by atoms with van der Waals surface area (Å²) < 4.78 is 0. The molecule has 0 spiro atoms. The van der Waals surface area contributed by atoms with Gasteiger partial charge in [-0.15, -0.1) is 0 Å². The average molecular weight is 320 g/mol. The molecule has 128 valence electrons. The minimum Gasteiger partial charge on any atom is -0.338 e. The van der Waals surface area contributed by atoms with Crippen molar-refractivity contribution in [1.29, 1.82) is 0 Å². The topological polar surface area (TPSA) is 69.3 Å². The van der Waals surface area contributed by atoms with E-state index in [1.807, 2.05) is 6.07 Å². The molecule has 1 N–H and O–H groups in total. The van der Waals surface area contributed by atoms with Crippen molar-refractivity contribution in [1.82, 2.24) is 20.0 Å². The first kappa shape index (κ1) is 17.5. The van der Waals surface area contributed by atoms with Gasteiger partial charge in [0.1, 0.15) is 6.04 Å². The van der Waals surface area contributed by atoms with Crippen molar-refractivity contribution >= 4 is 11.8 Å². The fourth-order valence-corrected chi connectivity index (χ4v) is 2.98. The normalized spacial score (nSPS) is 18.8. The lowest BCUT2D eigenvalue weighted by Gasteiger charge is -2.36. The molecule has 1 fully saturated rings. The lowest BCUT2D eigenvalue weighted by Crippen LogP contribution is -2.51. The van der Waals surface area contributed by atoms with Crippen molar-refractivity contribution in [3.8, 4) is 0 Å². The molecule has 2 amide bonds.